The van der Waals surface area contributed by atoms with Crippen LogP contribution in [-0.2, 0) is 30.0 Å². The van der Waals surface area contributed by atoms with Crippen molar-refractivity contribution in [3.05, 3.63) is 115 Å². The Morgan fingerprint density at radius 1 is 1.06 bits per heavy atom. The van der Waals surface area contributed by atoms with Gasteiger partial charge in [-0.3, -0.25) is 14.0 Å². The Labute approximate surface area is 286 Å². The largest absolute Gasteiger partial charge is 0.497 e. The first kappa shape index (κ1) is 33.5. The summed E-state index contributed by atoms with van der Waals surface area (Å²) in [5.41, 5.74) is 7.64. The van der Waals surface area contributed by atoms with Crippen LogP contribution in [-0.4, -0.2) is 46.1 Å². The lowest BCUT2D eigenvalue weighted by Gasteiger charge is -2.21. The Morgan fingerprint density at radius 3 is 2.40 bits per heavy atom. The Kier molecular flexibility index (Phi) is 8.98. The van der Waals surface area contributed by atoms with E-state index in [0.717, 1.165) is 28.8 Å². The predicted molar refractivity (Wildman–Crippen MR) is 183 cm³/mol. The third-order valence-electron chi connectivity index (χ3n) is 7.69. The van der Waals surface area contributed by atoms with Crippen LogP contribution in [0.15, 0.2) is 76.1 Å². The highest BCUT2D eigenvalue weighted by molar-refractivity contribution is 9.10. The average molecular weight is 759 g/mol. The zero-order chi connectivity index (χ0) is 34.5. The van der Waals surface area contributed by atoms with E-state index in [1.165, 1.54) is 28.6 Å². The molecule has 248 valence electrons. The molecule has 0 bridgehead atoms. The smallest absolute Gasteiger partial charge is 0.267 e. The summed E-state index contributed by atoms with van der Waals surface area (Å²) in [4.78, 5) is 23.2. The van der Waals surface area contributed by atoms with Gasteiger partial charge in [-0.05, 0) is 75.9 Å². The van der Waals surface area contributed by atoms with Crippen molar-refractivity contribution in [3.63, 3.8) is 0 Å². The lowest BCUT2D eigenvalue weighted by Crippen LogP contribution is -2.30. The van der Waals surface area contributed by atoms with Crippen LogP contribution in [0.5, 0.6) is 5.75 Å². The molecule has 48 heavy (non-hydrogen) atoms. The molecular weight excluding hydrogens is 732 g/mol. The summed E-state index contributed by atoms with van der Waals surface area (Å²) in [5.74, 6) is -0.880. The number of methoxy groups -OCH3 is 1. The quantitative estimate of drug-likeness (QED) is 0.202. The fraction of sp³-hybridized carbons (Fsp3) is 0.188. The Bertz CT molecular complexity index is 2370. The summed E-state index contributed by atoms with van der Waals surface area (Å²) < 4.78 is 64.2. The van der Waals surface area contributed by atoms with Crippen LogP contribution >= 0.6 is 27.5 Å². The van der Waals surface area contributed by atoms with Gasteiger partial charge in [0.15, 0.2) is 11.5 Å². The van der Waals surface area contributed by atoms with Gasteiger partial charge in [-0.15, -0.1) is 0 Å². The van der Waals surface area contributed by atoms with E-state index in [-0.39, 0.29) is 57.3 Å². The molecule has 0 fully saturated rings. The van der Waals surface area contributed by atoms with Crippen LogP contribution < -0.4 is 20.3 Å². The molecule has 2 N–H and O–H groups in total. The highest BCUT2D eigenvalue weighted by Crippen LogP contribution is 2.38. The molecule has 6 aromatic rings. The first-order valence-electron chi connectivity index (χ1n) is 14.3. The van der Waals surface area contributed by atoms with Crippen molar-refractivity contribution < 1.29 is 21.9 Å². The van der Waals surface area contributed by atoms with Gasteiger partial charge in [0.05, 0.1) is 53.0 Å². The maximum Gasteiger partial charge on any atom is 0.267 e. The number of nitrogens with two attached hydrogens (primary N) is 1. The number of aryl methyl sites for hydroxylation is 1. The first-order chi connectivity index (χ1) is 22.7. The van der Waals surface area contributed by atoms with Gasteiger partial charge in [-0.25, -0.2) is 31.5 Å². The van der Waals surface area contributed by atoms with Crippen molar-refractivity contribution in [2.75, 3.05) is 17.7 Å². The molecule has 0 aliphatic rings. The van der Waals surface area contributed by atoms with E-state index >= 15 is 0 Å². The van der Waals surface area contributed by atoms with E-state index in [1.54, 1.807) is 43.4 Å². The van der Waals surface area contributed by atoms with E-state index in [0.29, 0.717) is 21.3 Å². The molecule has 3 aromatic carbocycles. The van der Waals surface area contributed by atoms with Crippen LogP contribution in [0.4, 0.5) is 14.6 Å². The summed E-state index contributed by atoms with van der Waals surface area (Å²) in [6, 6.07) is 13.6. The van der Waals surface area contributed by atoms with Gasteiger partial charge < -0.3 is 10.5 Å². The predicted octanol–water partition coefficient (Wildman–Crippen LogP) is 5.58. The number of nitrogens with zero attached hydrogens (tertiary/aromatic N) is 6. The molecule has 0 radical (unpaired) electrons. The van der Waals surface area contributed by atoms with Crippen molar-refractivity contribution in [1.29, 1.82) is 0 Å². The zero-order valence-corrected chi connectivity index (χ0v) is 28.8. The summed E-state index contributed by atoms with van der Waals surface area (Å²) in [6.45, 7) is -0.0764. The van der Waals surface area contributed by atoms with E-state index in [9.17, 15) is 22.0 Å². The number of anilines is 1. The number of aromatic nitrogens is 5. The standard InChI is InChI=1S/C32H27BrClF2N7O4S/c1-41-28-26(9-8-24(34)27(28)31(40-41)42(48(3,45)46)16-17-4-6-22(47-2)7-5-17)43-30(25(37)12-18-10-20(35)14-21(36)11-18)39-29-23(32(43)44)13-19(33)15-38-29/h4-11,13-15,25H,12,16,37H2,1-3H3. The molecular formula is C32H27BrClF2N7O4S. The van der Waals surface area contributed by atoms with Gasteiger partial charge >= 0.3 is 0 Å². The van der Waals surface area contributed by atoms with E-state index in [2.05, 4.69) is 31.0 Å². The second-order valence-corrected chi connectivity index (χ2v) is 14.3. The molecule has 3 heterocycles. The summed E-state index contributed by atoms with van der Waals surface area (Å²) in [7, 11) is -0.797. The van der Waals surface area contributed by atoms with Gasteiger partial charge in [0.1, 0.15) is 23.2 Å². The highest BCUT2D eigenvalue weighted by atomic mass is 79.9. The zero-order valence-electron chi connectivity index (χ0n) is 25.7. The summed E-state index contributed by atoms with van der Waals surface area (Å²) >= 11 is 10.1. The number of halogens is 4. The normalized spacial score (nSPS) is 12.5. The third-order valence-corrected chi connectivity index (χ3v) is 9.54. The average Bonchev–Trinajstić information content (AvgIpc) is 3.37. The minimum Gasteiger partial charge on any atom is -0.497 e. The molecule has 0 saturated carbocycles. The number of benzene rings is 3. The number of rotatable bonds is 9. The van der Waals surface area contributed by atoms with Crippen LogP contribution in [0.2, 0.25) is 5.02 Å². The molecule has 0 amide bonds. The lowest BCUT2D eigenvalue weighted by molar-refractivity contribution is 0.414. The molecule has 0 aliphatic carbocycles. The van der Waals surface area contributed by atoms with Crippen molar-refractivity contribution in [2.45, 2.75) is 19.0 Å². The number of pyridine rings is 1. The van der Waals surface area contributed by atoms with E-state index in [4.69, 9.17) is 22.1 Å². The van der Waals surface area contributed by atoms with Gasteiger partial charge in [0, 0.05) is 23.8 Å². The fourth-order valence-electron chi connectivity index (χ4n) is 5.56. The van der Waals surface area contributed by atoms with Gasteiger partial charge in [-0.2, -0.15) is 5.10 Å². The Morgan fingerprint density at radius 2 is 1.75 bits per heavy atom. The Balaban J connectivity index is 1.59. The number of sulfonamides is 1. The van der Waals surface area contributed by atoms with Gasteiger partial charge in [0.25, 0.3) is 5.56 Å². The minimum absolute atomic E-state index is 0.0324. The van der Waals surface area contributed by atoms with Crippen molar-refractivity contribution >= 4 is 65.3 Å². The molecule has 1 unspecified atom stereocenters. The second kappa shape index (κ2) is 12.9. The van der Waals surface area contributed by atoms with Gasteiger partial charge in [0.2, 0.25) is 10.0 Å². The number of hydrogen-bond donors (Lipinski definition) is 1. The number of fused-ring (bicyclic) bond motifs is 2. The molecule has 0 spiro atoms. The maximum absolute atomic E-state index is 14.3. The third kappa shape index (κ3) is 6.38. The molecule has 6 rings (SSSR count). The Hall–Kier alpha value is -4.44. The van der Waals surface area contributed by atoms with Crippen LogP contribution in [0.3, 0.4) is 0 Å². The monoisotopic (exact) mass is 757 g/mol. The topological polar surface area (TPSA) is 138 Å². The van der Waals surface area contributed by atoms with Crippen molar-refractivity contribution in [1.82, 2.24) is 24.3 Å². The van der Waals surface area contributed by atoms with Crippen LogP contribution in [0, 0.1) is 11.6 Å². The number of ether oxygens (including phenoxy) is 1. The van der Waals surface area contributed by atoms with Crippen LogP contribution in [0.25, 0.3) is 27.6 Å². The maximum atomic E-state index is 14.3. The molecule has 1 atom stereocenters. The highest BCUT2D eigenvalue weighted by Gasteiger charge is 2.29. The van der Waals surface area contributed by atoms with Crippen LogP contribution in [0.1, 0.15) is 23.0 Å². The molecule has 0 aliphatic heterocycles. The van der Waals surface area contributed by atoms with Gasteiger partial charge in [-0.1, -0.05) is 23.7 Å². The van der Waals surface area contributed by atoms with E-state index < -0.39 is 33.3 Å². The van der Waals surface area contributed by atoms with Crippen molar-refractivity contribution in [2.24, 2.45) is 12.8 Å². The lowest BCUT2D eigenvalue weighted by atomic mass is 10.0. The number of hydrogen-bond acceptors (Lipinski definition) is 8. The fourth-order valence-corrected chi connectivity index (χ4v) is 6.95. The second-order valence-electron chi connectivity index (χ2n) is 11.1. The summed E-state index contributed by atoms with van der Waals surface area (Å²) in [5, 5.41) is 5.16. The molecule has 11 nitrogen and oxygen atoms in total. The SMILES string of the molecule is COc1ccc(CN(c2nn(C)c3c(-n4c(C(N)Cc5cc(F)cc(F)c5)nc5ncc(Br)cc5c4=O)ccc(Cl)c23)S(C)(=O)=O)cc1. The summed E-state index contributed by atoms with van der Waals surface area (Å²) in [6.07, 6.45) is 2.46. The molecule has 16 heteroatoms. The molecule has 0 saturated heterocycles. The molecule has 3 aromatic heterocycles. The first-order valence-corrected chi connectivity index (χ1v) is 17.3. The van der Waals surface area contributed by atoms with E-state index in [1.807, 2.05) is 0 Å². The van der Waals surface area contributed by atoms with Crippen molar-refractivity contribution in [3.8, 4) is 11.4 Å². The minimum atomic E-state index is -3.92.